The maximum absolute atomic E-state index is 12.4. The molecule has 130 valence electrons. The maximum Gasteiger partial charge on any atom is 0.270 e. The third-order valence-corrected chi connectivity index (χ3v) is 3.90. The topological polar surface area (TPSA) is 90.7 Å². The van der Waals surface area contributed by atoms with Gasteiger partial charge in [0.1, 0.15) is 12.4 Å². The molecule has 1 fully saturated rings. The molecule has 1 unspecified atom stereocenters. The van der Waals surface area contributed by atoms with Crippen LogP contribution in [0.1, 0.15) is 23.2 Å². The van der Waals surface area contributed by atoms with Crippen LogP contribution in [-0.2, 0) is 4.74 Å². The third kappa shape index (κ3) is 4.33. The number of nitrogens with zero attached hydrogens (tertiary/aromatic N) is 1. The molecule has 7 nitrogen and oxygen atoms in total. The van der Waals surface area contributed by atoms with Gasteiger partial charge in [0, 0.05) is 24.3 Å². The fraction of sp³-hybridized carbons (Fsp3) is 0.278. The van der Waals surface area contributed by atoms with Crippen molar-refractivity contribution in [1.29, 1.82) is 0 Å². The fourth-order valence-electron chi connectivity index (χ4n) is 2.61. The van der Waals surface area contributed by atoms with Crippen LogP contribution in [0.5, 0.6) is 5.75 Å². The Balaban J connectivity index is 1.70. The molecule has 2 aromatic carbocycles. The van der Waals surface area contributed by atoms with Crippen LogP contribution in [0.25, 0.3) is 0 Å². The van der Waals surface area contributed by atoms with E-state index in [2.05, 4.69) is 5.32 Å². The van der Waals surface area contributed by atoms with Crippen LogP contribution in [0, 0.1) is 10.1 Å². The van der Waals surface area contributed by atoms with Gasteiger partial charge >= 0.3 is 0 Å². The fourth-order valence-corrected chi connectivity index (χ4v) is 2.61. The number of amides is 1. The predicted molar refractivity (Wildman–Crippen MR) is 92.0 cm³/mol. The van der Waals surface area contributed by atoms with Gasteiger partial charge in [-0.3, -0.25) is 14.9 Å². The molecule has 0 aliphatic carbocycles. The van der Waals surface area contributed by atoms with Crippen molar-refractivity contribution in [3.05, 3.63) is 64.2 Å². The molecule has 0 bridgehead atoms. The van der Waals surface area contributed by atoms with Crippen LogP contribution in [0.4, 0.5) is 11.4 Å². The van der Waals surface area contributed by atoms with E-state index in [0.717, 1.165) is 19.4 Å². The molecule has 1 amide bonds. The van der Waals surface area contributed by atoms with Gasteiger partial charge in [0.15, 0.2) is 0 Å². The highest BCUT2D eigenvalue weighted by molar-refractivity contribution is 6.05. The summed E-state index contributed by atoms with van der Waals surface area (Å²) >= 11 is 0. The molecule has 0 radical (unpaired) electrons. The standard InChI is InChI=1S/C18H18N2O5/c21-18(13-5-3-6-14(11-13)20(22)23)19-16-8-1-2-9-17(16)25-12-15-7-4-10-24-15/h1-3,5-6,8-9,11,15H,4,7,10,12H2,(H,19,21). The lowest BCUT2D eigenvalue weighted by atomic mass is 10.2. The summed E-state index contributed by atoms with van der Waals surface area (Å²) in [5.41, 5.74) is 0.593. The summed E-state index contributed by atoms with van der Waals surface area (Å²) in [6.45, 7) is 1.17. The zero-order chi connectivity index (χ0) is 17.6. The number of nitro benzene ring substituents is 1. The molecule has 1 aliphatic heterocycles. The van der Waals surface area contributed by atoms with E-state index >= 15 is 0 Å². The zero-order valence-corrected chi connectivity index (χ0v) is 13.5. The van der Waals surface area contributed by atoms with E-state index in [1.807, 2.05) is 6.07 Å². The Labute approximate surface area is 144 Å². The quantitative estimate of drug-likeness (QED) is 0.642. The lowest BCUT2D eigenvalue weighted by Crippen LogP contribution is -2.18. The summed E-state index contributed by atoms with van der Waals surface area (Å²) < 4.78 is 11.3. The van der Waals surface area contributed by atoms with Crippen LogP contribution in [-0.4, -0.2) is 30.1 Å². The normalized spacial score (nSPS) is 16.4. The van der Waals surface area contributed by atoms with Crippen molar-refractivity contribution in [3.63, 3.8) is 0 Å². The van der Waals surface area contributed by atoms with Crippen molar-refractivity contribution in [2.45, 2.75) is 18.9 Å². The Kier molecular flexibility index (Phi) is 5.25. The van der Waals surface area contributed by atoms with Crippen LogP contribution >= 0.6 is 0 Å². The number of nitrogens with one attached hydrogen (secondary N) is 1. The van der Waals surface area contributed by atoms with Crippen LogP contribution < -0.4 is 10.1 Å². The highest BCUT2D eigenvalue weighted by atomic mass is 16.6. The number of anilines is 1. The minimum Gasteiger partial charge on any atom is -0.489 e. The summed E-state index contributed by atoms with van der Waals surface area (Å²) in [7, 11) is 0. The summed E-state index contributed by atoms with van der Waals surface area (Å²) in [5.74, 6) is 0.105. The van der Waals surface area contributed by atoms with E-state index < -0.39 is 10.8 Å². The van der Waals surface area contributed by atoms with Crippen LogP contribution in [0.3, 0.4) is 0 Å². The summed E-state index contributed by atoms with van der Waals surface area (Å²) in [5, 5.41) is 13.6. The first-order valence-corrected chi connectivity index (χ1v) is 8.03. The largest absolute Gasteiger partial charge is 0.489 e. The van der Waals surface area contributed by atoms with Gasteiger partial charge in [-0.15, -0.1) is 0 Å². The number of nitro groups is 1. The highest BCUT2D eigenvalue weighted by Crippen LogP contribution is 2.26. The van der Waals surface area contributed by atoms with Crippen molar-refractivity contribution in [2.24, 2.45) is 0 Å². The smallest absolute Gasteiger partial charge is 0.270 e. The molecule has 1 heterocycles. The molecule has 2 aromatic rings. The van der Waals surface area contributed by atoms with Gasteiger partial charge in [0.2, 0.25) is 0 Å². The van der Waals surface area contributed by atoms with Gasteiger partial charge in [-0.2, -0.15) is 0 Å². The Morgan fingerprint density at radius 3 is 2.88 bits per heavy atom. The average molecular weight is 342 g/mol. The number of hydrogen-bond acceptors (Lipinski definition) is 5. The number of non-ortho nitro benzene ring substituents is 1. The van der Waals surface area contributed by atoms with E-state index in [1.165, 1.54) is 24.3 Å². The number of benzene rings is 2. The second-order valence-electron chi connectivity index (χ2n) is 5.70. The highest BCUT2D eigenvalue weighted by Gasteiger charge is 2.18. The van der Waals surface area contributed by atoms with Crippen molar-refractivity contribution < 1.29 is 19.2 Å². The number of para-hydroxylation sites is 2. The minimum atomic E-state index is -0.532. The van der Waals surface area contributed by atoms with Gasteiger partial charge in [-0.25, -0.2) is 0 Å². The number of carbonyl (C=O) groups is 1. The first kappa shape index (κ1) is 16.9. The predicted octanol–water partition coefficient (Wildman–Crippen LogP) is 3.40. The molecule has 3 rings (SSSR count). The Morgan fingerprint density at radius 2 is 2.12 bits per heavy atom. The summed E-state index contributed by atoms with van der Waals surface area (Å²) in [4.78, 5) is 22.7. The van der Waals surface area contributed by atoms with E-state index in [-0.39, 0.29) is 17.4 Å². The molecule has 25 heavy (non-hydrogen) atoms. The number of carbonyl (C=O) groups excluding carboxylic acids is 1. The lowest BCUT2D eigenvalue weighted by molar-refractivity contribution is -0.384. The Bertz CT molecular complexity index is 772. The molecule has 0 spiro atoms. The SMILES string of the molecule is O=C(Nc1ccccc1OCC1CCCO1)c1cccc([N+](=O)[O-])c1. The first-order valence-electron chi connectivity index (χ1n) is 8.03. The van der Waals surface area contributed by atoms with E-state index in [1.54, 1.807) is 18.2 Å². The molecular weight excluding hydrogens is 324 g/mol. The van der Waals surface area contributed by atoms with Crippen molar-refractivity contribution in [3.8, 4) is 5.75 Å². The van der Waals surface area contributed by atoms with Gasteiger partial charge in [0.05, 0.1) is 16.7 Å². The van der Waals surface area contributed by atoms with Crippen molar-refractivity contribution >= 4 is 17.3 Å². The molecular formula is C18H18N2O5. The first-order chi connectivity index (χ1) is 12.1. The second kappa shape index (κ2) is 7.76. The molecule has 0 aromatic heterocycles. The molecule has 1 aliphatic rings. The van der Waals surface area contributed by atoms with E-state index in [4.69, 9.17) is 9.47 Å². The van der Waals surface area contributed by atoms with Gasteiger partial charge in [-0.1, -0.05) is 18.2 Å². The molecule has 1 saturated heterocycles. The average Bonchev–Trinajstić information content (AvgIpc) is 3.14. The van der Waals surface area contributed by atoms with Crippen LogP contribution in [0.15, 0.2) is 48.5 Å². The number of rotatable bonds is 6. The minimum absolute atomic E-state index is 0.0699. The Hall–Kier alpha value is -2.93. The summed E-state index contributed by atoms with van der Waals surface area (Å²) in [6, 6.07) is 12.7. The molecule has 0 saturated carbocycles. The van der Waals surface area contributed by atoms with E-state index in [9.17, 15) is 14.9 Å². The molecule has 1 N–H and O–H groups in total. The maximum atomic E-state index is 12.4. The lowest BCUT2D eigenvalue weighted by Gasteiger charge is -2.15. The van der Waals surface area contributed by atoms with Crippen molar-refractivity contribution in [1.82, 2.24) is 0 Å². The van der Waals surface area contributed by atoms with Gasteiger partial charge in [0.25, 0.3) is 11.6 Å². The van der Waals surface area contributed by atoms with Gasteiger partial charge < -0.3 is 14.8 Å². The Morgan fingerprint density at radius 1 is 1.28 bits per heavy atom. The van der Waals surface area contributed by atoms with Crippen molar-refractivity contribution in [2.75, 3.05) is 18.5 Å². The molecule has 1 atom stereocenters. The monoisotopic (exact) mass is 342 g/mol. The van der Waals surface area contributed by atoms with Crippen LogP contribution in [0.2, 0.25) is 0 Å². The zero-order valence-electron chi connectivity index (χ0n) is 13.5. The summed E-state index contributed by atoms with van der Waals surface area (Å²) in [6.07, 6.45) is 2.06. The molecule has 7 heteroatoms. The van der Waals surface area contributed by atoms with Gasteiger partial charge in [-0.05, 0) is 31.0 Å². The van der Waals surface area contributed by atoms with E-state index in [0.29, 0.717) is 18.0 Å². The number of ether oxygens (including phenoxy) is 2. The second-order valence-corrected chi connectivity index (χ2v) is 5.70. The number of hydrogen-bond donors (Lipinski definition) is 1. The third-order valence-electron chi connectivity index (χ3n) is 3.90.